The molecule has 1 unspecified atom stereocenters. The first-order chi connectivity index (χ1) is 13.0. The number of hydrogen-bond donors (Lipinski definition) is 1. The van der Waals surface area contributed by atoms with Crippen molar-refractivity contribution in [2.75, 3.05) is 26.7 Å². The summed E-state index contributed by atoms with van der Waals surface area (Å²) in [7, 11) is 1.28. The number of methoxy groups -OCH3 is 1. The summed E-state index contributed by atoms with van der Waals surface area (Å²) in [6.45, 7) is 7.94. The molecule has 2 rings (SSSR count). The van der Waals surface area contributed by atoms with Crippen LogP contribution >= 0.6 is 0 Å². The number of carbonyl (C=O) groups excluding carboxylic acids is 4. The van der Waals surface area contributed by atoms with E-state index in [-0.39, 0.29) is 24.8 Å². The van der Waals surface area contributed by atoms with Crippen LogP contribution in [0.5, 0.6) is 0 Å². The van der Waals surface area contributed by atoms with Crippen LogP contribution in [-0.2, 0) is 23.9 Å². The van der Waals surface area contributed by atoms with Gasteiger partial charge in [-0.2, -0.15) is 0 Å². The number of nitrogens with zero attached hydrogens (tertiary/aromatic N) is 2. The van der Waals surface area contributed by atoms with Crippen LogP contribution in [0.3, 0.4) is 0 Å². The minimum absolute atomic E-state index is 0.0178. The lowest BCUT2D eigenvalue weighted by Crippen LogP contribution is -2.51. The summed E-state index contributed by atoms with van der Waals surface area (Å²) < 4.78 is 10.1. The molecule has 158 valence electrons. The Labute approximate surface area is 165 Å². The molecule has 0 aliphatic carbocycles. The van der Waals surface area contributed by atoms with Gasteiger partial charge < -0.3 is 19.7 Å². The standard InChI is InChI=1S/C19H31N3O6/c1-13(23)21-10-7-19(8-11-21)12-14(16(25)20-19)22(9-6-15(24)27-5)17(26)28-18(2,3)4/h14H,6-12H2,1-5H3,(H,20,25). The summed E-state index contributed by atoms with van der Waals surface area (Å²) in [5, 5.41) is 3.04. The number of nitrogens with one attached hydrogen (secondary N) is 1. The molecule has 3 amide bonds. The predicted molar refractivity (Wildman–Crippen MR) is 100 cm³/mol. The lowest BCUT2D eigenvalue weighted by molar-refractivity contribution is -0.141. The van der Waals surface area contributed by atoms with E-state index in [0.717, 1.165) is 0 Å². The largest absolute Gasteiger partial charge is 0.469 e. The zero-order valence-corrected chi connectivity index (χ0v) is 17.4. The number of likely N-dealkylation sites (tertiary alicyclic amines) is 1. The zero-order chi connectivity index (χ0) is 21.1. The molecular formula is C19H31N3O6. The van der Waals surface area contributed by atoms with Gasteiger partial charge in [0.25, 0.3) is 0 Å². The van der Waals surface area contributed by atoms with Gasteiger partial charge in [0.05, 0.1) is 13.5 Å². The van der Waals surface area contributed by atoms with E-state index in [1.807, 2.05) is 0 Å². The maximum atomic E-state index is 12.7. The molecule has 0 aromatic rings. The van der Waals surface area contributed by atoms with Crippen molar-refractivity contribution in [2.45, 2.75) is 70.6 Å². The highest BCUT2D eigenvalue weighted by atomic mass is 16.6. The van der Waals surface area contributed by atoms with Crippen molar-refractivity contribution in [3.63, 3.8) is 0 Å². The molecule has 1 atom stereocenters. The molecule has 2 aliphatic rings. The first-order valence-electron chi connectivity index (χ1n) is 9.60. The van der Waals surface area contributed by atoms with E-state index in [9.17, 15) is 19.2 Å². The van der Waals surface area contributed by atoms with Crippen molar-refractivity contribution in [1.82, 2.24) is 15.1 Å². The van der Waals surface area contributed by atoms with Crippen LogP contribution in [0.1, 0.15) is 53.4 Å². The summed E-state index contributed by atoms with van der Waals surface area (Å²) in [4.78, 5) is 51.7. The van der Waals surface area contributed by atoms with Gasteiger partial charge in [0.1, 0.15) is 11.6 Å². The van der Waals surface area contributed by atoms with Gasteiger partial charge in [0.2, 0.25) is 11.8 Å². The molecule has 28 heavy (non-hydrogen) atoms. The highest BCUT2D eigenvalue weighted by molar-refractivity contribution is 5.89. The Bertz CT molecular complexity index is 634. The predicted octanol–water partition coefficient (Wildman–Crippen LogP) is 1.06. The number of esters is 1. The SMILES string of the molecule is COC(=O)CCN(C(=O)OC(C)(C)C)C1CC2(CCN(C(C)=O)CC2)NC1=O. The van der Waals surface area contributed by atoms with Gasteiger partial charge in [-0.05, 0) is 33.6 Å². The van der Waals surface area contributed by atoms with Crippen LogP contribution in [0.15, 0.2) is 0 Å². The van der Waals surface area contributed by atoms with Gasteiger partial charge in [-0.25, -0.2) is 4.79 Å². The van der Waals surface area contributed by atoms with Gasteiger partial charge in [0.15, 0.2) is 0 Å². The van der Waals surface area contributed by atoms with Crippen LogP contribution in [0.4, 0.5) is 4.79 Å². The van der Waals surface area contributed by atoms with Gasteiger partial charge in [-0.1, -0.05) is 0 Å². The van der Waals surface area contributed by atoms with Crippen LogP contribution in [0.2, 0.25) is 0 Å². The van der Waals surface area contributed by atoms with Gasteiger partial charge in [-0.15, -0.1) is 0 Å². The number of amides is 3. The smallest absolute Gasteiger partial charge is 0.410 e. The Morgan fingerprint density at radius 1 is 1.25 bits per heavy atom. The maximum absolute atomic E-state index is 12.7. The lowest BCUT2D eigenvalue weighted by Gasteiger charge is -2.39. The van der Waals surface area contributed by atoms with Crippen molar-refractivity contribution in [1.29, 1.82) is 0 Å². The average molecular weight is 397 g/mol. The minimum Gasteiger partial charge on any atom is -0.469 e. The molecule has 9 heteroatoms. The van der Waals surface area contributed by atoms with E-state index in [1.165, 1.54) is 18.9 Å². The molecule has 2 heterocycles. The molecule has 9 nitrogen and oxygen atoms in total. The van der Waals surface area contributed by atoms with E-state index in [1.54, 1.807) is 25.7 Å². The third-order valence-electron chi connectivity index (χ3n) is 5.23. The molecular weight excluding hydrogens is 366 g/mol. The van der Waals surface area contributed by atoms with Crippen LogP contribution in [-0.4, -0.2) is 77.6 Å². The number of carbonyl (C=O) groups is 4. The van der Waals surface area contributed by atoms with Crippen LogP contribution < -0.4 is 5.32 Å². The Morgan fingerprint density at radius 2 is 1.86 bits per heavy atom. The molecule has 0 bridgehead atoms. The quantitative estimate of drug-likeness (QED) is 0.711. The fourth-order valence-corrected chi connectivity index (χ4v) is 3.70. The zero-order valence-electron chi connectivity index (χ0n) is 17.4. The Kier molecular flexibility index (Phi) is 6.56. The molecule has 1 spiro atoms. The highest BCUT2D eigenvalue weighted by Crippen LogP contribution is 2.34. The number of hydrogen-bond acceptors (Lipinski definition) is 6. The molecule has 2 aliphatic heterocycles. The monoisotopic (exact) mass is 397 g/mol. The Balaban J connectivity index is 2.13. The molecule has 0 aromatic heterocycles. The maximum Gasteiger partial charge on any atom is 0.410 e. The molecule has 2 saturated heterocycles. The molecule has 2 fully saturated rings. The number of ether oxygens (including phenoxy) is 2. The summed E-state index contributed by atoms with van der Waals surface area (Å²) >= 11 is 0. The van der Waals surface area contributed by atoms with Crippen LogP contribution in [0.25, 0.3) is 0 Å². The van der Waals surface area contributed by atoms with Gasteiger partial charge in [-0.3, -0.25) is 19.3 Å². The average Bonchev–Trinajstić information content (AvgIpc) is 2.89. The fraction of sp³-hybridized carbons (Fsp3) is 0.789. The molecule has 0 saturated carbocycles. The summed E-state index contributed by atoms with van der Waals surface area (Å²) in [5.41, 5.74) is -1.17. The highest BCUT2D eigenvalue weighted by Gasteiger charge is 2.49. The van der Waals surface area contributed by atoms with Crippen molar-refractivity contribution in [3.8, 4) is 0 Å². The lowest BCUT2D eigenvalue weighted by atomic mass is 9.85. The van der Waals surface area contributed by atoms with Gasteiger partial charge >= 0.3 is 12.1 Å². The second-order valence-electron chi connectivity index (χ2n) is 8.50. The van der Waals surface area contributed by atoms with E-state index >= 15 is 0 Å². The summed E-state index contributed by atoms with van der Waals surface area (Å²) in [5.74, 6) is -0.701. The van der Waals surface area contributed by atoms with Crippen molar-refractivity contribution in [3.05, 3.63) is 0 Å². The Hall–Kier alpha value is -2.32. The normalized spacial score (nSPS) is 21.2. The number of piperidine rings is 1. The third-order valence-corrected chi connectivity index (χ3v) is 5.23. The second kappa shape index (κ2) is 8.36. The first kappa shape index (κ1) is 22.0. The Morgan fingerprint density at radius 3 is 2.36 bits per heavy atom. The minimum atomic E-state index is -0.722. The van der Waals surface area contributed by atoms with Crippen molar-refractivity contribution >= 4 is 23.9 Å². The second-order valence-corrected chi connectivity index (χ2v) is 8.50. The summed E-state index contributed by atoms with van der Waals surface area (Å²) in [6, 6.07) is -0.719. The summed E-state index contributed by atoms with van der Waals surface area (Å²) in [6.07, 6.45) is 1.04. The van der Waals surface area contributed by atoms with Crippen LogP contribution in [0, 0.1) is 0 Å². The molecule has 0 aromatic carbocycles. The topological polar surface area (TPSA) is 105 Å². The van der Waals surface area contributed by atoms with Crippen molar-refractivity contribution in [2.24, 2.45) is 0 Å². The van der Waals surface area contributed by atoms with E-state index < -0.39 is 29.2 Å². The van der Waals surface area contributed by atoms with Gasteiger partial charge in [0, 0.05) is 38.5 Å². The van der Waals surface area contributed by atoms with E-state index in [2.05, 4.69) is 10.1 Å². The number of rotatable bonds is 4. The molecule has 1 N–H and O–H groups in total. The molecule has 0 radical (unpaired) electrons. The van der Waals surface area contributed by atoms with E-state index in [4.69, 9.17) is 4.74 Å². The fourth-order valence-electron chi connectivity index (χ4n) is 3.70. The first-order valence-corrected chi connectivity index (χ1v) is 9.60. The van der Waals surface area contributed by atoms with E-state index in [0.29, 0.717) is 32.4 Å². The van der Waals surface area contributed by atoms with Crippen molar-refractivity contribution < 1.29 is 28.7 Å². The third kappa shape index (κ3) is 5.36.